The number of nitrogens with two attached hydrogens (primary N) is 1. The molecule has 90 valence electrons. The highest BCUT2D eigenvalue weighted by atomic mass is 16.5. The minimum atomic E-state index is -0.280. The number of hydrogen-bond donors (Lipinski definition) is 2. The third-order valence-corrected chi connectivity index (χ3v) is 2.39. The van der Waals surface area contributed by atoms with E-state index in [4.69, 9.17) is 10.5 Å². The monoisotopic (exact) mass is 234 g/mol. The Bertz CT molecular complexity index is 559. The summed E-state index contributed by atoms with van der Waals surface area (Å²) >= 11 is 0. The van der Waals surface area contributed by atoms with Crippen molar-refractivity contribution in [3.63, 3.8) is 0 Å². The maximum Gasteiger partial charge on any atom is 0.347 e. The van der Waals surface area contributed by atoms with E-state index in [1.54, 1.807) is 12.1 Å². The van der Waals surface area contributed by atoms with E-state index in [0.29, 0.717) is 18.8 Å². The van der Waals surface area contributed by atoms with E-state index in [0.717, 1.165) is 11.3 Å². The molecule has 17 heavy (non-hydrogen) atoms. The van der Waals surface area contributed by atoms with E-state index >= 15 is 0 Å². The second-order valence-electron chi connectivity index (χ2n) is 3.46. The van der Waals surface area contributed by atoms with E-state index in [-0.39, 0.29) is 5.69 Å². The van der Waals surface area contributed by atoms with Gasteiger partial charge in [-0.2, -0.15) is 5.10 Å². The van der Waals surface area contributed by atoms with Crippen LogP contribution in [0.2, 0.25) is 0 Å². The normalized spacial score (nSPS) is 10.5. The lowest BCUT2D eigenvalue weighted by Gasteiger charge is -2.10. The highest BCUT2D eigenvalue weighted by Crippen LogP contribution is 2.21. The fraction of sp³-hybridized carbons (Fsp3) is 0.273. The van der Waals surface area contributed by atoms with Crippen LogP contribution in [0, 0.1) is 0 Å². The number of benzene rings is 1. The maximum absolute atomic E-state index is 11.4. The fourth-order valence-corrected chi connectivity index (χ4v) is 1.60. The second kappa shape index (κ2) is 4.84. The molecule has 1 aromatic heterocycles. The minimum Gasteiger partial charge on any atom is -0.494 e. The van der Waals surface area contributed by atoms with Gasteiger partial charge in [0.05, 0.1) is 12.3 Å². The minimum absolute atomic E-state index is 0.280. The summed E-state index contributed by atoms with van der Waals surface area (Å²) in [6.07, 6.45) is 1.43. The average molecular weight is 234 g/mol. The molecule has 0 radical (unpaired) electrons. The zero-order valence-electron chi connectivity index (χ0n) is 9.51. The van der Waals surface area contributed by atoms with Crippen molar-refractivity contribution >= 4 is 0 Å². The molecule has 0 aliphatic carbocycles. The first-order valence-electron chi connectivity index (χ1n) is 5.34. The summed E-state index contributed by atoms with van der Waals surface area (Å²) in [4.78, 5) is 11.4. The molecule has 3 N–H and O–H groups in total. The van der Waals surface area contributed by atoms with Crippen LogP contribution in [0.5, 0.6) is 5.75 Å². The Labute approximate surface area is 98.0 Å². The number of ether oxygens (including phenoxy) is 1. The van der Waals surface area contributed by atoms with Crippen LogP contribution in [0.3, 0.4) is 0 Å². The van der Waals surface area contributed by atoms with Crippen LogP contribution in [0.15, 0.2) is 29.3 Å². The van der Waals surface area contributed by atoms with Gasteiger partial charge < -0.3 is 10.5 Å². The molecule has 1 heterocycles. The highest BCUT2D eigenvalue weighted by molar-refractivity contribution is 5.44. The van der Waals surface area contributed by atoms with Gasteiger partial charge in [0, 0.05) is 12.1 Å². The van der Waals surface area contributed by atoms with Gasteiger partial charge in [-0.25, -0.2) is 14.5 Å². The van der Waals surface area contributed by atoms with Gasteiger partial charge in [-0.3, -0.25) is 0 Å². The Morgan fingerprint density at radius 3 is 2.94 bits per heavy atom. The molecule has 0 saturated carbocycles. The second-order valence-corrected chi connectivity index (χ2v) is 3.46. The zero-order valence-corrected chi connectivity index (χ0v) is 9.51. The van der Waals surface area contributed by atoms with Crippen molar-refractivity contribution < 1.29 is 4.74 Å². The summed E-state index contributed by atoms with van der Waals surface area (Å²) in [6, 6.07) is 5.42. The topological polar surface area (TPSA) is 85.9 Å². The molecule has 1 aromatic carbocycles. The lowest BCUT2D eigenvalue weighted by molar-refractivity contribution is 0.336. The number of aromatic nitrogens is 3. The lowest BCUT2D eigenvalue weighted by atomic mass is 10.1. The van der Waals surface area contributed by atoms with Crippen LogP contribution in [0.4, 0.5) is 0 Å². The molecule has 0 atom stereocenters. The van der Waals surface area contributed by atoms with E-state index in [2.05, 4.69) is 10.2 Å². The molecular weight excluding hydrogens is 220 g/mol. The Hall–Kier alpha value is -2.08. The quantitative estimate of drug-likeness (QED) is 0.802. The van der Waals surface area contributed by atoms with Crippen LogP contribution >= 0.6 is 0 Å². The maximum atomic E-state index is 11.4. The van der Waals surface area contributed by atoms with Crippen LogP contribution in [0.1, 0.15) is 12.5 Å². The Kier molecular flexibility index (Phi) is 3.24. The number of nitrogens with zero attached hydrogens (tertiary/aromatic N) is 2. The van der Waals surface area contributed by atoms with E-state index < -0.39 is 0 Å². The van der Waals surface area contributed by atoms with E-state index in [1.165, 1.54) is 10.9 Å². The Balaban J connectivity index is 2.45. The summed E-state index contributed by atoms with van der Waals surface area (Å²) in [5.74, 6) is 0.746. The van der Waals surface area contributed by atoms with Gasteiger partial charge in [0.2, 0.25) is 0 Å². The zero-order chi connectivity index (χ0) is 12.3. The van der Waals surface area contributed by atoms with Gasteiger partial charge in [-0.15, -0.1) is 0 Å². The third-order valence-electron chi connectivity index (χ3n) is 2.39. The fourth-order valence-electron chi connectivity index (χ4n) is 1.60. The molecule has 0 aliphatic rings. The first kappa shape index (κ1) is 11.4. The Morgan fingerprint density at radius 1 is 1.53 bits per heavy atom. The molecule has 0 saturated heterocycles. The number of nitrogens with one attached hydrogen (secondary N) is 1. The van der Waals surface area contributed by atoms with Gasteiger partial charge in [0.25, 0.3) is 0 Å². The molecule has 6 heteroatoms. The summed E-state index contributed by atoms with van der Waals surface area (Å²) in [5, 5.41) is 6.01. The molecule has 0 fully saturated rings. The van der Waals surface area contributed by atoms with Gasteiger partial charge >= 0.3 is 5.69 Å². The number of aromatic amines is 1. The summed E-state index contributed by atoms with van der Waals surface area (Å²) in [7, 11) is 0. The Morgan fingerprint density at radius 2 is 2.35 bits per heavy atom. The SMILES string of the molecule is CCOc1ccc(-n2cn[nH]c2=O)cc1CN. The van der Waals surface area contributed by atoms with Crippen molar-refractivity contribution in [3.05, 3.63) is 40.6 Å². The van der Waals surface area contributed by atoms with Crippen molar-refractivity contribution in [2.45, 2.75) is 13.5 Å². The van der Waals surface area contributed by atoms with Gasteiger partial charge in [-0.1, -0.05) is 0 Å². The summed E-state index contributed by atoms with van der Waals surface area (Å²) in [5.41, 5.74) is 6.94. The van der Waals surface area contributed by atoms with Crippen LogP contribution in [-0.2, 0) is 6.54 Å². The predicted octanol–water partition coefficient (Wildman–Crippen LogP) is 0.418. The molecule has 2 rings (SSSR count). The first-order chi connectivity index (χ1) is 8.26. The standard InChI is InChI=1S/C11H14N4O2/c1-2-17-10-4-3-9(5-8(10)6-12)15-7-13-14-11(15)16/h3-5,7H,2,6,12H2,1H3,(H,14,16). The molecule has 0 unspecified atom stereocenters. The van der Waals surface area contributed by atoms with Crippen molar-refractivity contribution in [3.8, 4) is 11.4 Å². The van der Waals surface area contributed by atoms with Crippen molar-refractivity contribution in [2.75, 3.05) is 6.61 Å². The molecule has 2 aromatic rings. The van der Waals surface area contributed by atoms with Crippen molar-refractivity contribution in [1.29, 1.82) is 0 Å². The van der Waals surface area contributed by atoms with E-state index in [1.807, 2.05) is 13.0 Å². The molecule has 0 amide bonds. The van der Waals surface area contributed by atoms with Gasteiger partial charge in [0.1, 0.15) is 12.1 Å². The molecule has 0 aliphatic heterocycles. The van der Waals surface area contributed by atoms with Gasteiger partial charge in [0.15, 0.2) is 0 Å². The van der Waals surface area contributed by atoms with Crippen LogP contribution < -0.4 is 16.2 Å². The first-order valence-corrected chi connectivity index (χ1v) is 5.34. The number of H-pyrrole nitrogens is 1. The molecule has 0 spiro atoms. The number of hydrogen-bond acceptors (Lipinski definition) is 4. The van der Waals surface area contributed by atoms with Crippen LogP contribution in [-0.4, -0.2) is 21.4 Å². The predicted molar refractivity (Wildman–Crippen MR) is 63.2 cm³/mol. The third kappa shape index (κ3) is 2.21. The smallest absolute Gasteiger partial charge is 0.347 e. The van der Waals surface area contributed by atoms with Crippen LogP contribution in [0.25, 0.3) is 5.69 Å². The lowest BCUT2D eigenvalue weighted by Crippen LogP contribution is -2.14. The van der Waals surface area contributed by atoms with Crippen molar-refractivity contribution in [2.24, 2.45) is 5.73 Å². The molecule has 6 nitrogen and oxygen atoms in total. The van der Waals surface area contributed by atoms with Gasteiger partial charge in [-0.05, 0) is 25.1 Å². The van der Waals surface area contributed by atoms with Crippen molar-refractivity contribution in [1.82, 2.24) is 14.8 Å². The summed E-state index contributed by atoms with van der Waals surface area (Å²) < 4.78 is 6.85. The largest absolute Gasteiger partial charge is 0.494 e. The van der Waals surface area contributed by atoms with E-state index in [9.17, 15) is 4.79 Å². The molecular formula is C11H14N4O2. The molecule has 0 bridgehead atoms. The summed E-state index contributed by atoms with van der Waals surface area (Å²) in [6.45, 7) is 2.85. The average Bonchev–Trinajstić information content (AvgIpc) is 2.76. The number of rotatable bonds is 4. The highest BCUT2D eigenvalue weighted by Gasteiger charge is 2.06.